The number of esters is 1. The molecule has 0 saturated heterocycles. The smallest absolute Gasteiger partial charge is 0.416 e. The Balaban J connectivity index is 1.69. The second-order valence-electron chi connectivity index (χ2n) is 7.94. The van der Waals surface area contributed by atoms with E-state index in [2.05, 4.69) is 0 Å². The van der Waals surface area contributed by atoms with Gasteiger partial charge in [-0.25, -0.2) is 9.59 Å². The second kappa shape index (κ2) is 11.1. The Kier molecular flexibility index (Phi) is 7.70. The molecule has 4 rings (SSSR count). The monoisotopic (exact) mass is 510 g/mol. The topological polar surface area (TPSA) is 108 Å². The van der Waals surface area contributed by atoms with E-state index in [1.165, 1.54) is 24.3 Å². The Bertz CT molecular complexity index is 1280. The van der Waals surface area contributed by atoms with Crippen LogP contribution in [0.4, 0.5) is 10.5 Å². The van der Waals surface area contributed by atoms with Gasteiger partial charge in [-0.15, -0.1) is 0 Å². The number of benzene rings is 3. The van der Waals surface area contributed by atoms with Crippen molar-refractivity contribution in [2.45, 2.75) is 19.4 Å². The average Bonchev–Trinajstić information content (AvgIpc) is 2.87. The molecule has 0 spiro atoms. The first-order chi connectivity index (χ1) is 17.4. The van der Waals surface area contributed by atoms with E-state index in [0.717, 1.165) is 11.1 Å². The normalized spacial score (nSPS) is 14.5. The van der Waals surface area contributed by atoms with Gasteiger partial charge in [0.25, 0.3) is 5.69 Å². The number of hydrogen-bond donors (Lipinski definition) is 0. The number of fused-ring (bicyclic) bond motifs is 1. The van der Waals surface area contributed by atoms with E-state index < -0.39 is 23.0 Å². The zero-order valence-electron chi connectivity index (χ0n) is 19.4. The zero-order valence-corrected chi connectivity index (χ0v) is 20.1. The SMILES string of the molecule is CCOC(=O)COc1ccc(Cl)cc1C1c2ccccc2CCN1C(=O)Oc1ccc([N+](=O)[O-])cc1. The van der Waals surface area contributed by atoms with E-state index in [1.807, 2.05) is 24.3 Å². The summed E-state index contributed by atoms with van der Waals surface area (Å²) < 4.78 is 16.3. The molecular weight excluding hydrogens is 488 g/mol. The molecule has 1 amide bonds. The Morgan fingerprint density at radius 1 is 1.08 bits per heavy atom. The molecule has 1 aliphatic heterocycles. The number of carbonyl (C=O) groups is 2. The predicted molar refractivity (Wildman–Crippen MR) is 131 cm³/mol. The van der Waals surface area contributed by atoms with Gasteiger partial charge in [0.15, 0.2) is 6.61 Å². The number of non-ortho nitro benzene ring substituents is 1. The van der Waals surface area contributed by atoms with Crippen LogP contribution in [0.5, 0.6) is 11.5 Å². The van der Waals surface area contributed by atoms with E-state index in [1.54, 1.807) is 30.0 Å². The quantitative estimate of drug-likeness (QED) is 0.240. The largest absolute Gasteiger partial charge is 0.482 e. The Morgan fingerprint density at radius 2 is 1.83 bits per heavy atom. The third-order valence-corrected chi connectivity index (χ3v) is 5.92. The minimum atomic E-state index is -0.639. The van der Waals surface area contributed by atoms with Crippen LogP contribution in [0.15, 0.2) is 66.7 Å². The van der Waals surface area contributed by atoms with Gasteiger partial charge in [-0.1, -0.05) is 35.9 Å². The summed E-state index contributed by atoms with van der Waals surface area (Å²) in [4.78, 5) is 37.2. The summed E-state index contributed by atoms with van der Waals surface area (Å²) in [5.41, 5.74) is 2.40. The van der Waals surface area contributed by atoms with Crippen molar-refractivity contribution in [3.8, 4) is 11.5 Å². The fourth-order valence-electron chi connectivity index (χ4n) is 4.10. The van der Waals surface area contributed by atoms with Crippen LogP contribution in [0, 0.1) is 10.1 Å². The first-order valence-electron chi connectivity index (χ1n) is 11.3. The second-order valence-corrected chi connectivity index (χ2v) is 8.38. The van der Waals surface area contributed by atoms with Crippen molar-refractivity contribution in [2.75, 3.05) is 19.8 Å². The lowest BCUT2D eigenvalue weighted by molar-refractivity contribution is -0.384. The molecule has 0 aliphatic carbocycles. The molecule has 0 bridgehead atoms. The molecule has 0 saturated carbocycles. The van der Waals surface area contributed by atoms with Crippen LogP contribution >= 0.6 is 11.6 Å². The maximum absolute atomic E-state index is 13.3. The van der Waals surface area contributed by atoms with Crippen LogP contribution < -0.4 is 9.47 Å². The van der Waals surface area contributed by atoms with Crippen molar-refractivity contribution in [3.05, 3.63) is 98.6 Å². The molecule has 1 unspecified atom stereocenters. The third kappa shape index (κ3) is 5.58. The summed E-state index contributed by atoms with van der Waals surface area (Å²) in [6.07, 6.45) is -0.0404. The minimum Gasteiger partial charge on any atom is -0.482 e. The summed E-state index contributed by atoms with van der Waals surface area (Å²) in [6, 6.07) is 17.4. The van der Waals surface area contributed by atoms with Crippen molar-refractivity contribution in [1.29, 1.82) is 0 Å². The molecule has 0 aromatic heterocycles. The number of halogens is 1. The van der Waals surface area contributed by atoms with Gasteiger partial charge in [-0.2, -0.15) is 0 Å². The first-order valence-corrected chi connectivity index (χ1v) is 11.6. The molecular formula is C26H23ClN2O7. The average molecular weight is 511 g/mol. The molecule has 186 valence electrons. The van der Waals surface area contributed by atoms with Gasteiger partial charge >= 0.3 is 12.1 Å². The lowest BCUT2D eigenvalue weighted by Gasteiger charge is -2.37. The van der Waals surface area contributed by atoms with Crippen molar-refractivity contribution < 1.29 is 28.7 Å². The van der Waals surface area contributed by atoms with Gasteiger partial charge in [0.1, 0.15) is 11.5 Å². The summed E-state index contributed by atoms with van der Waals surface area (Å²) in [7, 11) is 0. The van der Waals surface area contributed by atoms with Gasteiger partial charge in [-0.05, 0) is 54.8 Å². The molecule has 3 aromatic carbocycles. The Labute approximate surface area is 212 Å². The van der Waals surface area contributed by atoms with E-state index in [-0.39, 0.29) is 24.7 Å². The molecule has 0 radical (unpaired) electrons. The number of nitrogens with zero attached hydrogens (tertiary/aromatic N) is 2. The van der Waals surface area contributed by atoms with Crippen molar-refractivity contribution in [1.82, 2.24) is 4.90 Å². The molecule has 1 aliphatic rings. The van der Waals surface area contributed by atoms with Gasteiger partial charge in [0, 0.05) is 29.3 Å². The van der Waals surface area contributed by atoms with E-state index in [0.29, 0.717) is 29.3 Å². The molecule has 10 heteroatoms. The summed E-state index contributed by atoms with van der Waals surface area (Å²) in [5.74, 6) is 0.0345. The minimum absolute atomic E-state index is 0.109. The number of ether oxygens (including phenoxy) is 3. The van der Waals surface area contributed by atoms with Crippen LogP contribution in [0.2, 0.25) is 5.02 Å². The van der Waals surface area contributed by atoms with Crippen LogP contribution in [0.3, 0.4) is 0 Å². The molecule has 1 atom stereocenters. The molecule has 0 fully saturated rings. The molecule has 0 N–H and O–H groups in total. The fourth-order valence-corrected chi connectivity index (χ4v) is 4.28. The maximum Gasteiger partial charge on any atom is 0.416 e. The highest BCUT2D eigenvalue weighted by atomic mass is 35.5. The third-order valence-electron chi connectivity index (χ3n) is 5.69. The van der Waals surface area contributed by atoms with Crippen LogP contribution in [0.1, 0.15) is 29.7 Å². The summed E-state index contributed by atoms with van der Waals surface area (Å²) in [5, 5.41) is 11.4. The standard InChI is InChI=1S/C26H23ClN2O7/c1-2-34-24(30)16-35-23-12-7-18(27)15-22(23)25-21-6-4-3-5-17(21)13-14-28(25)26(31)36-20-10-8-19(9-11-20)29(32)33/h3-12,15,25H,2,13-14,16H2,1H3. The maximum atomic E-state index is 13.3. The highest BCUT2D eigenvalue weighted by Gasteiger charge is 2.35. The highest BCUT2D eigenvalue weighted by Crippen LogP contribution is 2.41. The number of nitro benzene ring substituents is 1. The van der Waals surface area contributed by atoms with Gasteiger partial charge in [-0.3, -0.25) is 15.0 Å². The Morgan fingerprint density at radius 3 is 2.56 bits per heavy atom. The van der Waals surface area contributed by atoms with Crippen molar-refractivity contribution in [3.63, 3.8) is 0 Å². The first kappa shape index (κ1) is 25.0. The van der Waals surface area contributed by atoms with Gasteiger partial charge in [0.05, 0.1) is 17.6 Å². The number of amides is 1. The summed E-state index contributed by atoms with van der Waals surface area (Å²) >= 11 is 6.34. The molecule has 36 heavy (non-hydrogen) atoms. The molecule has 9 nitrogen and oxygen atoms in total. The van der Waals surface area contributed by atoms with E-state index in [4.69, 9.17) is 25.8 Å². The molecule has 1 heterocycles. The van der Waals surface area contributed by atoms with E-state index >= 15 is 0 Å². The number of nitro groups is 1. The van der Waals surface area contributed by atoms with Crippen LogP contribution in [0.25, 0.3) is 0 Å². The van der Waals surface area contributed by atoms with Crippen molar-refractivity contribution in [2.24, 2.45) is 0 Å². The fraction of sp³-hybridized carbons (Fsp3) is 0.231. The number of hydrogen-bond acceptors (Lipinski definition) is 7. The van der Waals surface area contributed by atoms with E-state index in [9.17, 15) is 19.7 Å². The Hall–Kier alpha value is -4.11. The van der Waals surface area contributed by atoms with Gasteiger partial charge < -0.3 is 14.2 Å². The predicted octanol–water partition coefficient (Wildman–Crippen LogP) is 5.34. The van der Waals surface area contributed by atoms with Gasteiger partial charge in [0.2, 0.25) is 0 Å². The lowest BCUT2D eigenvalue weighted by Crippen LogP contribution is -2.42. The van der Waals surface area contributed by atoms with Crippen molar-refractivity contribution >= 4 is 29.4 Å². The lowest BCUT2D eigenvalue weighted by atomic mass is 9.88. The van der Waals surface area contributed by atoms with Crippen LogP contribution in [-0.4, -0.2) is 41.6 Å². The van der Waals surface area contributed by atoms with Crippen LogP contribution in [-0.2, 0) is 16.0 Å². The number of rotatable bonds is 7. The number of carbonyl (C=O) groups excluding carboxylic acids is 2. The summed E-state index contributed by atoms with van der Waals surface area (Å²) in [6.45, 7) is 1.98. The highest BCUT2D eigenvalue weighted by molar-refractivity contribution is 6.30. The zero-order chi connectivity index (χ0) is 25.7. The molecule has 3 aromatic rings.